The first-order valence-electron chi connectivity index (χ1n) is 16.0. The van der Waals surface area contributed by atoms with Crippen molar-refractivity contribution in [2.24, 2.45) is 0 Å². The third-order valence-electron chi connectivity index (χ3n) is 9.25. The molecule has 0 saturated carbocycles. The van der Waals surface area contributed by atoms with E-state index in [0.29, 0.717) is 17.6 Å². The van der Waals surface area contributed by atoms with Crippen LogP contribution in [-0.4, -0.2) is 19.5 Å². The molecule has 48 heavy (non-hydrogen) atoms. The molecule has 10 aromatic rings. The lowest BCUT2D eigenvalue weighted by Gasteiger charge is -2.12. The van der Waals surface area contributed by atoms with Gasteiger partial charge in [0.2, 0.25) is 5.95 Å². The summed E-state index contributed by atoms with van der Waals surface area (Å²) >= 11 is 0. The quantitative estimate of drug-likeness (QED) is 0.198. The van der Waals surface area contributed by atoms with Gasteiger partial charge in [0.15, 0.2) is 11.6 Å². The summed E-state index contributed by atoms with van der Waals surface area (Å²) in [6, 6.07) is 54.5. The minimum absolute atomic E-state index is 0.578. The van der Waals surface area contributed by atoms with Crippen LogP contribution in [0.3, 0.4) is 0 Å². The summed E-state index contributed by atoms with van der Waals surface area (Å²) in [5.74, 6) is 1.81. The molecule has 0 atom stereocenters. The van der Waals surface area contributed by atoms with Crippen molar-refractivity contribution in [1.29, 1.82) is 0 Å². The zero-order valence-electron chi connectivity index (χ0n) is 25.7. The summed E-state index contributed by atoms with van der Waals surface area (Å²) < 4.78 is 8.37. The predicted molar refractivity (Wildman–Crippen MR) is 195 cm³/mol. The summed E-state index contributed by atoms with van der Waals surface area (Å²) in [4.78, 5) is 15.5. The van der Waals surface area contributed by atoms with Crippen molar-refractivity contribution in [2.75, 3.05) is 0 Å². The van der Waals surface area contributed by atoms with E-state index in [-0.39, 0.29) is 0 Å². The molecule has 3 aromatic heterocycles. The van der Waals surface area contributed by atoms with Crippen molar-refractivity contribution in [3.05, 3.63) is 158 Å². The van der Waals surface area contributed by atoms with Gasteiger partial charge in [0, 0.05) is 32.7 Å². The van der Waals surface area contributed by atoms with E-state index < -0.39 is 0 Å². The lowest BCUT2D eigenvalue weighted by atomic mass is 9.98. The molecule has 0 spiro atoms. The molecule has 0 bridgehead atoms. The molecule has 0 fully saturated rings. The summed E-state index contributed by atoms with van der Waals surface area (Å²) in [6.45, 7) is 0. The molecule has 10 rings (SSSR count). The second kappa shape index (κ2) is 10.5. The highest BCUT2D eigenvalue weighted by molar-refractivity contribution is 6.12. The number of aromatic nitrogens is 4. The Morgan fingerprint density at radius 2 is 1.02 bits per heavy atom. The Hall–Kier alpha value is -6.59. The molecule has 224 valence electrons. The average Bonchev–Trinajstić information content (AvgIpc) is 3.71. The largest absolute Gasteiger partial charge is 0.456 e. The van der Waals surface area contributed by atoms with Gasteiger partial charge in [-0.1, -0.05) is 121 Å². The molecule has 5 heteroatoms. The zero-order chi connectivity index (χ0) is 31.6. The van der Waals surface area contributed by atoms with E-state index in [1.807, 2.05) is 24.3 Å². The fraction of sp³-hybridized carbons (Fsp3) is 0. The van der Waals surface area contributed by atoms with Crippen LogP contribution < -0.4 is 0 Å². The van der Waals surface area contributed by atoms with Crippen LogP contribution in [0.5, 0.6) is 0 Å². The Morgan fingerprint density at radius 3 is 1.81 bits per heavy atom. The highest BCUT2D eigenvalue weighted by Crippen LogP contribution is 2.38. The van der Waals surface area contributed by atoms with E-state index in [4.69, 9.17) is 19.4 Å². The first-order chi connectivity index (χ1) is 23.8. The number of fused-ring (bicyclic) bond motifs is 7. The number of furan rings is 1. The normalized spacial score (nSPS) is 11.8. The van der Waals surface area contributed by atoms with Crippen molar-refractivity contribution in [3.8, 4) is 39.9 Å². The predicted octanol–water partition coefficient (Wildman–Crippen LogP) is 11.0. The highest BCUT2D eigenvalue weighted by atomic mass is 16.3. The van der Waals surface area contributed by atoms with E-state index >= 15 is 0 Å². The van der Waals surface area contributed by atoms with Crippen LogP contribution in [0.25, 0.3) is 94.4 Å². The number of benzene rings is 7. The Balaban J connectivity index is 1.22. The molecule has 0 unspecified atom stereocenters. The lowest BCUT2D eigenvalue weighted by Crippen LogP contribution is -2.06. The third kappa shape index (κ3) is 4.15. The molecule has 5 nitrogen and oxygen atoms in total. The Kier molecular flexibility index (Phi) is 5.81. The monoisotopic (exact) mass is 614 g/mol. The highest BCUT2D eigenvalue weighted by Gasteiger charge is 2.19. The van der Waals surface area contributed by atoms with E-state index in [1.165, 1.54) is 5.39 Å². The molecule has 3 heterocycles. The Labute approximate surface area is 275 Å². The van der Waals surface area contributed by atoms with Gasteiger partial charge in [-0.15, -0.1) is 0 Å². The lowest BCUT2D eigenvalue weighted by molar-refractivity contribution is 0.669. The fourth-order valence-electron chi connectivity index (χ4n) is 7.03. The minimum Gasteiger partial charge on any atom is -0.456 e. The van der Waals surface area contributed by atoms with Gasteiger partial charge in [-0.2, -0.15) is 9.97 Å². The van der Waals surface area contributed by atoms with Gasteiger partial charge in [0.05, 0.1) is 11.0 Å². The van der Waals surface area contributed by atoms with E-state index in [2.05, 4.69) is 138 Å². The molecule has 0 N–H and O–H groups in total. The van der Waals surface area contributed by atoms with Crippen LogP contribution in [0, 0.1) is 0 Å². The molecule has 0 aliphatic heterocycles. The van der Waals surface area contributed by atoms with Crippen molar-refractivity contribution in [1.82, 2.24) is 19.5 Å². The first-order valence-corrected chi connectivity index (χ1v) is 16.0. The topological polar surface area (TPSA) is 56.7 Å². The number of nitrogens with zero attached hydrogens (tertiary/aromatic N) is 4. The molecule has 0 aliphatic carbocycles. The van der Waals surface area contributed by atoms with Crippen molar-refractivity contribution < 1.29 is 4.42 Å². The van der Waals surface area contributed by atoms with Gasteiger partial charge in [0.25, 0.3) is 0 Å². The Bertz CT molecular complexity index is 2810. The van der Waals surface area contributed by atoms with E-state index in [0.717, 1.165) is 71.4 Å². The Morgan fingerprint density at radius 1 is 0.417 bits per heavy atom. The summed E-state index contributed by atoms with van der Waals surface area (Å²) in [5, 5.41) is 6.82. The maximum absolute atomic E-state index is 6.22. The molecule has 7 aromatic carbocycles. The van der Waals surface area contributed by atoms with Crippen molar-refractivity contribution >= 4 is 54.5 Å². The van der Waals surface area contributed by atoms with Crippen LogP contribution in [-0.2, 0) is 0 Å². The van der Waals surface area contributed by atoms with Crippen LogP contribution in [0.4, 0.5) is 0 Å². The van der Waals surface area contributed by atoms with Gasteiger partial charge < -0.3 is 4.42 Å². The van der Waals surface area contributed by atoms with Crippen molar-refractivity contribution in [2.45, 2.75) is 0 Å². The maximum atomic E-state index is 6.22. The molecule has 0 radical (unpaired) electrons. The fourth-order valence-corrected chi connectivity index (χ4v) is 7.03. The number of rotatable bonds is 4. The van der Waals surface area contributed by atoms with E-state index in [1.54, 1.807) is 0 Å². The molecular formula is C43H26N4O. The molecule has 0 aliphatic rings. The summed E-state index contributed by atoms with van der Waals surface area (Å²) in [6.07, 6.45) is 0. The van der Waals surface area contributed by atoms with Crippen LogP contribution in [0.2, 0.25) is 0 Å². The maximum Gasteiger partial charge on any atom is 0.238 e. The number of hydrogen-bond acceptors (Lipinski definition) is 4. The first kappa shape index (κ1) is 26.6. The molecule has 0 amide bonds. The van der Waals surface area contributed by atoms with Gasteiger partial charge in [0.1, 0.15) is 11.2 Å². The van der Waals surface area contributed by atoms with E-state index in [9.17, 15) is 0 Å². The molecular weight excluding hydrogens is 589 g/mol. The SMILES string of the molecule is c1cc(-c2nc(-c3ccc4ccccc4c3)nc(-n3c4ccccc4c4ccccc43)n2)cc(-c2cccc3oc4ccccc4c23)c1. The number of hydrogen-bond donors (Lipinski definition) is 0. The third-order valence-corrected chi connectivity index (χ3v) is 9.25. The smallest absolute Gasteiger partial charge is 0.238 e. The van der Waals surface area contributed by atoms with Gasteiger partial charge in [-0.05, 0) is 58.3 Å². The van der Waals surface area contributed by atoms with Crippen LogP contribution in [0.15, 0.2) is 162 Å². The van der Waals surface area contributed by atoms with Crippen LogP contribution >= 0.6 is 0 Å². The van der Waals surface area contributed by atoms with Crippen LogP contribution in [0.1, 0.15) is 0 Å². The van der Waals surface area contributed by atoms with Gasteiger partial charge >= 0.3 is 0 Å². The average molecular weight is 615 g/mol. The second-order valence-electron chi connectivity index (χ2n) is 12.1. The van der Waals surface area contributed by atoms with Gasteiger partial charge in [-0.3, -0.25) is 4.57 Å². The second-order valence-corrected chi connectivity index (χ2v) is 12.1. The molecule has 0 saturated heterocycles. The summed E-state index contributed by atoms with van der Waals surface area (Å²) in [7, 11) is 0. The zero-order valence-corrected chi connectivity index (χ0v) is 25.7. The van der Waals surface area contributed by atoms with Gasteiger partial charge in [-0.25, -0.2) is 4.98 Å². The minimum atomic E-state index is 0.578. The number of para-hydroxylation sites is 3. The standard InChI is InChI=1S/C43H26N4O/c1-2-12-28-25-31(24-23-27(28)11-1)42-44-41(45-43(46-42)47-36-19-6-3-15-33(36)34-16-4-7-20-37(34)47)30-14-9-13-29(26-30)32-18-10-22-39-40(32)35-17-5-8-21-38(35)48-39/h1-26H. The summed E-state index contributed by atoms with van der Waals surface area (Å²) in [5.41, 5.74) is 7.85. The van der Waals surface area contributed by atoms with Crippen molar-refractivity contribution in [3.63, 3.8) is 0 Å².